The number of para-hydroxylation sites is 3. The lowest BCUT2D eigenvalue weighted by molar-refractivity contribution is 0.572. The number of aromatic nitrogens is 1. The highest BCUT2D eigenvalue weighted by molar-refractivity contribution is 14.1. The molecule has 1 aromatic heterocycles. The van der Waals surface area contributed by atoms with E-state index in [1.165, 1.54) is 60.8 Å². The molecule has 4 aromatic carbocycles. The first-order valence-electron chi connectivity index (χ1n) is 11.6. The van der Waals surface area contributed by atoms with E-state index in [-0.39, 0.29) is 0 Å². The summed E-state index contributed by atoms with van der Waals surface area (Å²) in [6.07, 6.45) is 7.18. The molecule has 160 valence electrons. The maximum Gasteiger partial charge on any atom is 0.0616 e. The van der Waals surface area contributed by atoms with Crippen LogP contribution in [0.4, 0.5) is 11.4 Å². The number of allylic oxidation sites excluding steroid dienone is 1. The molecular weight excluding hydrogens is 515 g/mol. The van der Waals surface area contributed by atoms with E-state index in [1.54, 1.807) is 0 Å². The molecule has 33 heavy (non-hydrogen) atoms. The third kappa shape index (κ3) is 2.78. The molecule has 0 saturated heterocycles. The van der Waals surface area contributed by atoms with Crippen LogP contribution in [0.3, 0.4) is 0 Å². The molecule has 0 fully saturated rings. The van der Waals surface area contributed by atoms with Gasteiger partial charge in [-0.1, -0.05) is 72.8 Å². The van der Waals surface area contributed by atoms with Gasteiger partial charge in [0.1, 0.15) is 0 Å². The summed E-state index contributed by atoms with van der Waals surface area (Å²) in [5, 5.41) is 2.60. The monoisotopic (exact) mass is 538 g/mol. The van der Waals surface area contributed by atoms with Gasteiger partial charge in [0.2, 0.25) is 0 Å². The zero-order valence-electron chi connectivity index (χ0n) is 18.2. The van der Waals surface area contributed by atoms with Crippen LogP contribution < -0.4 is 4.90 Å². The van der Waals surface area contributed by atoms with Gasteiger partial charge in [0.25, 0.3) is 0 Å². The standard InChI is InChI=1S/C30H23IN2/c31-30-28(32-24-14-5-1-10-20(24)21-11-2-6-15-25(21)32)18-9-19-29(30)33-26-16-7-3-12-22(26)23-13-4-8-17-27(23)33/h1-3,5-12,14-19,23,27H,4,13H2. The minimum absolute atomic E-state index is 0.387. The van der Waals surface area contributed by atoms with Crippen LogP contribution in [0, 0.1) is 3.57 Å². The van der Waals surface area contributed by atoms with E-state index in [4.69, 9.17) is 0 Å². The van der Waals surface area contributed by atoms with Gasteiger partial charge in [-0.3, -0.25) is 0 Å². The smallest absolute Gasteiger partial charge is 0.0616 e. The summed E-state index contributed by atoms with van der Waals surface area (Å²) in [4.78, 5) is 2.58. The van der Waals surface area contributed by atoms with Crippen molar-refractivity contribution in [1.29, 1.82) is 0 Å². The van der Waals surface area contributed by atoms with Crippen molar-refractivity contribution < 1.29 is 0 Å². The van der Waals surface area contributed by atoms with E-state index < -0.39 is 0 Å². The third-order valence-electron chi connectivity index (χ3n) is 7.32. The molecule has 2 atom stereocenters. The van der Waals surface area contributed by atoms with Crippen LogP contribution in [0.25, 0.3) is 27.5 Å². The van der Waals surface area contributed by atoms with Crippen LogP contribution in [0.15, 0.2) is 103 Å². The Bertz CT molecular complexity index is 1510. The largest absolute Gasteiger partial charge is 0.333 e. The van der Waals surface area contributed by atoms with Gasteiger partial charge in [0.05, 0.1) is 32.0 Å². The fraction of sp³-hybridized carbons (Fsp3) is 0.133. The zero-order chi connectivity index (χ0) is 21.9. The molecule has 0 radical (unpaired) electrons. The Morgan fingerprint density at radius 2 is 1.30 bits per heavy atom. The van der Waals surface area contributed by atoms with Gasteiger partial charge in [-0.2, -0.15) is 0 Å². The van der Waals surface area contributed by atoms with Crippen LogP contribution in [-0.4, -0.2) is 10.6 Å². The first-order valence-corrected chi connectivity index (χ1v) is 12.7. The Morgan fingerprint density at radius 3 is 2.09 bits per heavy atom. The number of fused-ring (bicyclic) bond motifs is 6. The number of hydrogen-bond donors (Lipinski definition) is 0. The molecule has 0 bridgehead atoms. The number of hydrogen-bond acceptors (Lipinski definition) is 1. The fourth-order valence-electron chi connectivity index (χ4n) is 5.94. The molecule has 5 aromatic rings. The van der Waals surface area contributed by atoms with Gasteiger partial charge in [-0.05, 0) is 71.3 Å². The van der Waals surface area contributed by atoms with E-state index in [0.29, 0.717) is 12.0 Å². The molecule has 1 aliphatic carbocycles. The lowest BCUT2D eigenvalue weighted by Gasteiger charge is -2.31. The Hall–Kier alpha value is -3.05. The summed E-state index contributed by atoms with van der Waals surface area (Å²) in [5.74, 6) is 0.568. The molecule has 0 spiro atoms. The normalized spacial score (nSPS) is 19.2. The van der Waals surface area contributed by atoms with E-state index >= 15 is 0 Å². The first kappa shape index (κ1) is 19.4. The summed E-state index contributed by atoms with van der Waals surface area (Å²) in [6.45, 7) is 0. The Balaban J connectivity index is 1.49. The zero-order valence-corrected chi connectivity index (χ0v) is 20.3. The molecule has 2 unspecified atom stereocenters. The van der Waals surface area contributed by atoms with Crippen molar-refractivity contribution in [3.8, 4) is 5.69 Å². The molecule has 0 saturated carbocycles. The molecule has 2 nitrogen and oxygen atoms in total. The lowest BCUT2D eigenvalue weighted by Crippen LogP contribution is -2.30. The van der Waals surface area contributed by atoms with Crippen LogP contribution in [0.5, 0.6) is 0 Å². The van der Waals surface area contributed by atoms with Gasteiger partial charge in [-0.25, -0.2) is 0 Å². The quantitative estimate of drug-likeness (QED) is 0.162. The second-order valence-electron chi connectivity index (χ2n) is 9.01. The molecule has 0 amide bonds. The van der Waals surface area contributed by atoms with Crippen LogP contribution in [0.2, 0.25) is 0 Å². The fourth-order valence-corrected chi connectivity index (χ4v) is 6.80. The Kier molecular flexibility index (Phi) is 4.41. The summed E-state index contributed by atoms with van der Waals surface area (Å²) in [7, 11) is 0. The van der Waals surface area contributed by atoms with Gasteiger partial charge < -0.3 is 9.47 Å². The van der Waals surface area contributed by atoms with E-state index in [9.17, 15) is 0 Å². The molecule has 1 aliphatic heterocycles. The SMILES string of the molecule is Ic1c(N2c3ccccc3C3CCC=CC32)cccc1-n1c2ccccc2c2ccccc21. The van der Waals surface area contributed by atoms with E-state index in [0.717, 1.165) is 0 Å². The van der Waals surface area contributed by atoms with Crippen LogP contribution >= 0.6 is 22.6 Å². The molecular formula is C30H23IN2. The van der Waals surface area contributed by atoms with Crippen molar-refractivity contribution in [2.24, 2.45) is 0 Å². The summed E-state index contributed by atoms with van der Waals surface area (Å²) < 4.78 is 3.72. The van der Waals surface area contributed by atoms with Crippen molar-refractivity contribution in [2.45, 2.75) is 24.8 Å². The van der Waals surface area contributed by atoms with E-state index in [1.807, 2.05) is 0 Å². The molecule has 7 rings (SSSR count). The molecule has 0 N–H and O–H groups in total. The predicted octanol–water partition coefficient (Wildman–Crippen LogP) is 8.34. The summed E-state index contributed by atoms with van der Waals surface area (Å²) in [5.41, 5.74) is 7.89. The minimum Gasteiger partial charge on any atom is -0.333 e. The van der Waals surface area contributed by atoms with Crippen molar-refractivity contribution in [1.82, 2.24) is 4.57 Å². The lowest BCUT2D eigenvalue weighted by atomic mass is 9.86. The van der Waals surface area contributed by atoms with E-state index in [2.05, 4.69) is 135 Å². The predicted molar refractivity (Wildman–Crippen MR) is 147 cm³/mol. The number of anilines is 2. The van der Waals surface area contributed by atoms with Gasteiger partial charge in [-0.15, -0.1) is 0 Å². The van der Waals surface area contributed by atoms with Crippen molar-refractivity contribution in [3.63, 3.8) is 0 Å². The summed E-state index contributed by atoms with van der Waals surface area (Å²) >= 11 is 2.57. The molecule has 3 heteroatoms. The van der Waals surface area contributed by atoms with Crippen LogP contribution in [-0.2, 0) is 0 Å². The molecule has 2 aliphatic rings. The average molecular weight is 538 g/mol. The maximum atomic E-state index is 2.58. The number of rotatable bonds is 2. The van der Waals surface area contributed by atoms with Crippen molar-refractivity contribution in [3.05, 3.63) is 112 Å². The van der Waals surface area contributed by atoms with Gasteiger partial charge in [0, 0.05) is 22.4 Å². The second-order valence-corrected chi connectivity index (χ2v) is 10.1. The van der Waals surface area contributed by atoms with Crippen molar-refractivity contribution in [2.75, 3.05) is 4.90 Å². The van der Waals surface area contributed by atoms with Crippen LogP contribution in [0.1, 0.15) is 24.3 Å². The Morgan fingerprint density at radius 1 is 0.667 bits per heavy atom. The average Bonchev–Trinajstić information content (AvgIpc) is 3.38. The first-order chi connectivity index (χ1) is 16.3. The minimum atomic E-state index is 0.387. The number of nitrogens with zero attached hydrogens (tertiary/aromatic N) is 2. The highest BCUT2D eigenvalue weighted by Crippen LogP contribution is 2.50. The van der Waals surface area contributed by atoms with Gasteiger partial charge >= 0.3 is 0 Å². The number of halogens is 1. The highest BCUT2D eigenvalue weighted by atomic mass is 127. The topological polar surface area (TPSA) is 8.17 Å². The Labute approximate surface area is 207 Å². The number of benzene rings is 4. The summed E-state index contributed by atoms with van der Waals surface area (Å²) in [6, 6.07) is 33.7. The highest BCUT2D eigenvalue weighted by Gasteiger charge is 2.39. The van der Waals surface area contributed by atoms with Gasteiger partial charge in [0.15, 0.2) is 0 Å². The molecule has 2 heterocycles. The van der Waals surface area contributed by atoms with Crippen molar-refractivity contribution >= 4 is 55.8 Å². The second kappa shape index (κ2) is 7.49. The maximum absolute atomic E-state index is 2.58. The third-order valence-corrected chi connectivity index (χ3v) is 8.43.